The number of carboxylic acids is 1. The van der Waals surface area contributed by atoms with Crippen LogP contribution in [0.4, 0.5) is 0 Å². The predicted molar refractivity (Wildman–Crippen MR) is 75.6 cm³/mol. The van der Waals surface area contributed by atoms with E-state index in [2.05, 4.69) is 0 Å². The molecule has 0 spiro atoms. The number of amides is 1. The summed E-state index contributed by atoms with van der Waals surface area (Å²) in [5, 5.41) is 11.0. The zero-order valence-corrected chi connectivity index (χ0v) is 12.0. The summed E-state index contributed by atoms with van der Waals surface area (Å²) in [6, 6.07) is 1.39. The van der Waals surface area contributed by atoms with Gasteiger partial charge < -0.3 is 10.0 Å². The van der Waals surface area contributed by atoms with Crippen LogP contribution >= 0.6 is 23.1 Å². The molecule has 0 unspecified atom stereocenters. The molecule has 2 atom stereocenters. The molecule has 3 heterocycles. The Balaban J connectivity index is 1.84. The average molecular weight is 297 g/mol. The van der Waals surface area contributed by atoms with E-state index >= 15 is 0 Å². The lowest BCUT2D eigenvalue weighted by Crippen LogP contribution is -2.42. The molecule has 2 aliphatic heterocycles. The third kappa shape index (κ3) is 2.27. The Labute approximate surface area is 119 Å². The molecule has 0 bridgehead atoms. The van der Waals surface area contributed by atoms with E-state index in [4.69, 9.17) is 0 Å². The molecule has 3 rings (SSSR count). The van der Waals surface area contributed by atoms with Crippen LogP contribution in [-0.2, 0) is 16.0 Å². The molecule has 0 saturated carbocycles. The number of carboxylic acid groups (broad SMARTS) is 1. The summed E-state index contributed by atoms with van der Waals surface area (Å²) in [6.07, 6.45) is 2.38. The number of carbonyl (C=O) groups is 2. The fourth-order valence-electron chi connectivity index (χ4n) is 2.79. The molecule has 1 aromatic heterocycles. The lowest BCUT2D eigenvalue weighted by molar-refractivity contribution is -0.148. The number of nitrogens with zero attached hydrogens (tertiary/aromatic N) is 1. The second-order valence-electron chi connectivity index (χ2n) is 4.83. The van der Waals surface area contributed by atoms with E-state index in [0.717, 1.165) is 24.2 Å². The molecule has 1 aromatic rings. The number of fused-ring (bicyclic) bond motifs is 1. The molecule has 0 radical (unpaired) electrons. The third-order valence-corrected chi connectivity index (χ3v) is 5.95. The second-order valence-corrected chi connectivity index (χ2v) is 7.04. The van der Waals surface area contributed by atoms with Crippen LogP contribution in [0.25, 0.3) is 0 Å². The Kier molecular flexibility index (Phi) is 3.54. The monoisotopic (exact) mass is 297 g/mol. The van der Waals surface area contributed by atoms with E-state index in [1.54, 1.807) is 28.0 Å². The topological polar surface area (TPSA) is 57.6 Å². The molecule has 0 aromatic carbocycles. The molecule has 0 aliphatic carbocycles. The molecule has 102 valence electrons. The first kappa shape index (κ1) is 13.0. The van der Waals surface area contributed by atoms with Crippen molar-refractivity contribution < 1.29 is 14.7 Å². The van der Waals surface area contributed by atoms with Gasteiger partial charge in [0.1, 0.15) is 11.3 Å². The van der Waals surface area contributed by atoms with Crippen LogP contribution in [0.5, 0.6) is 0 Å². The number of rotatable bonds is 2. The standard InChI is InChI=1S/C13H15NO3S2/c15-12(14-5-1-2-9(14)13(16)17)11-8-3-6-18-10(8)4-7-19-11/h3,6,9,11H,1-2,4-5,7H2,(H,16,17)/t9-,11-/m1/s1. The zero-order valence-electron chi connectivity index (χ0n) is 10.4. The maximum atomic E-state index is 12.6. The highest BCUT2D eigenvalue weighted by atomic mass is 32.2. The van der Waals surface area contributed by atoms with Gasteiger partial charge in [0, 0.05) is 11.4 Å². The highest BCUT2D eigenvalue weighted by molar-refractivity contribution is 8.00. The van der Waals surface area contributed by atoms with Gasteiger partial charge in [-0.15, -0.1) is 23.1 Å². The normalized spacial score (nSPS) is 26.2. The number of aryl methyl sites for hydroxylation is 1. The molecule has 1 fully saturated rings. The van der Waals surface area contributed by atoms with E-state index in [1.807, 2.05) is 11.4 Å². The van der Waals surface area contributed by atoms with Crippen molar-refractivity contribution in [1.29, 1.82) is 0 Å². The molecule has 1 N–H and O–H groups in total. The number of likely N-dealkylation sites (tertiary alicyclic amines) is 1. The Bertz CT molecular complexity index is 514. The molecular formula is C13H15NO3S2. The number of aliphatic carboxylic acids is 1. The quantitative estimate of drug-likeness (QED) is 0.909. The summed E-state index contributed by atoms with van der Waals surface area (Å²) in [6.45, 7) is 0.576. The molecule has 2 aliphatic rings. The molecule has 1 amide bonds. The van der Waals surface area contributed by atoms with Gasteiger partial charge in [-0.1, -0.05) is 0 Å². The summed E-state index contributed by atoms with van der Waals surface area (Å²) in [7, 11) is 0. The fourth-order valence-corrected chi connectivity index (χ4v) is 5.15. The maximum absolute atomic E-state index is 12.6. The average Bonchev–Trinajstić information content (AvgIpc) is 3.05. The number of carbonyl (C=O) groups excluding carboxylic acids is 1. The second kappa shape index (κ2) is 5.17. The largest absolute Gasteiger partial charge is 0.480 e. The number of hydrogen-bond donors (Lipinski definition) is 1. The Morgan fingerprint density at radius 2 is 2.26 bits per heavy atom. The van der Waals surface area contributed by atoms with Crippen molar-refractivity contribution >= 4 is 35.0 Å². The van der Waals surface area contributed by atoms with E-state index < -0.39 is 12.0 Å². The van der Waals surface area contributed by atoms with Crippen molar-refractivity contribution in [2.75, 3.05) is 12.3 Å². The minimum atomic E-state index is -0.878. The van der Waals surface area contributed by atoms with Gasteiger partial charge in [-0.25, -0.2) is 4.79 Å². The number of thiophene rings is 1. The van der Waals surface area contributed by atoms with Crippen LogP contribution in [0.1, 0.15) is 28.5 Å². The first-order chi connectivity index (χ1) is 9.18. The zero-order chi connectivity index (χ0) is 13.4. The third-order valence-electron chi connectivity index (χ3n) is 3.72. The molecule has 1 saturated heterocycles. The van der Waals surface area contributed by atoms with Crippen molar-refractivity contribution in [1.82, 2.24) is 4.90 Å². The lowest BCUT2D eigenvalue weighted by atomic mass is 10.1. The summed E-state index contributed by atoms with van der Waals surface area (Å²) in [5.41, 5.74) is 1.10. The van der Waals surface area contributed by atoms with Gasteiger partial charge in [0.2, 0.25) is 5.91 Å². The van der Waals surface area contributed by atoms with Crippen LogP contribution in [-0.4, -0.2) is 40.2 Å². The van der Waals surface area contributed by atoms with E-state index in [1.165, 1.54) is 4.88 Å². The number of thioether (sulfide) groups is 1. The van der Waals surface area contributed by atoms with Crippen LogP contribution in [0.2, 0.25) is 0 Å². The summed E-state index contributed by atoms with van der Waals surface area (Å²) < 4.78 is 0. The van der Waals surface area contributed by atoms with Gasteiger partial charge in [0.05, 0.1) is 0 Å². The van der Waals surface area contributed by atoms with Crippen molar-refractivity contribution in [3.63, 3.8) is 0 Å². The summed E-state index contributed by atoms with van der Waals surface area (Å²) >= 11 is 3.34. The number of hydrogen-bond acceptors (Lipinski definition) is 4. The SMILES string of the molecule is O=C(O)[C@H]1CCCN1C(=O)[C@@H]1SCCc2sccc21. The molecule has 6 heteroatoms. The van der Waals surface area contributed by atoms with Crippen LogP contribution in [0.3, 0.4) is 0 Å². The molecular weight excluding hydrogens is 282 g/mol. The molecule has 4 nitrogen and oxygen atoms in total. The highest BCUT2D eigenvalue weighted by Gasteiger charge is 2.39. The van der Waals surface area contributed by atoms with Crippen molar-refractivity contribution in [2.45, 2.75) is 30.6 Å². The Hall–Kier alpha value is -1.01. The van der Waals surface area contributed by atoms with E-state index in [9.17, 15) is 14.7 Å². The minimum Gasteiger partial charge on any atom is -0.480 e. The highest BCUT2D eigenvalue weighted by Crippen LogP contribution is 2.41. The van der Waals surface area contributed by atoms with Crippen molar-refractivity contribution in [3.05, 3.63) is 21.9 Å². The van der Waals surface area contributed by atoms with Gasteiger partial charge in [-0.05, 0) is 42.0 Å². The van der Waals surface area contributed by atoms with Gasteiger partial charge in [-0.3, -0.25) is 4.79 Å². The maximum Gasteiger partial charge on any atom is 0.326 e. The minimum absolute atomic E-state index is 0.0192. The van der Waals surface area contributed by atoms with Gasteiger partial charge >= 0.3 is 5.97 Å². The lowest BCUT2D eigenvalue weighted by Gasteiger charge is -2.28. The first-order valence-corrected chi connectivity index (χ1v) is 8.32. The van der Waals surface area contributed by atoms with Crippen LogP contribution in [0.15, 0.2) is 11.4 Å². The summed E-state index contributed by atoms with van der Waals surface area (Å²) in [4.78, 5) is 26.7. The van der Waals surface area contributed by atoms with Gasteiger partial charge in [0.25, 0.3) is 0 Å². The fraction of sp³-hybridized carbons (Fsp3) is 0.538. The van der Waals surface area contributed by atoms with Gasteiger partial charge in [0.15, 0.2) is 0 Å². The van der Waals surface area contributed by atoms with Crippen LogP contribution in [0, 0.1) is 0 Å². The van der Waals surface area contributed by atoms with Crippen LogP contribution < -0.4 is 0 Å². The Morgan fingerprint density at radius 3 is 3.05 bits per heavy atom. The Morgan fingerprint density at radius 1 is 1.42 bits per heavy atom. The van der Waals surface area contributed by atoms with E-state index in [0.29, 0.717) is 13.0 Å². The van der Waals surface area contributed by atoms with Gasteiger partial charge in [-0.2, -0.15) is 0 Å². The predicted octanol–water partition coefficient (Wildman–Crippen LogP) is 2.15. The van der Waals surface area contributed by atoms with E-state index in [-0.39, 0.29) is 11.2 Å². The van der Waals surface area contributed by atoms with Crippen molar-refractivity contribution in [2.24, 2.45) is 0 Å². The summed E-state index contributed by atoms with van der Waals surface area (Å²) in [5.74, 6) is 0.0432. The van der Waals surface area contributed by atoms with Crippen molar-refractivity contribution in [3.8, 4) is 0 Å². The first-order valence-electron chi connectivity index (χ1n) is 6.39. The smallest absolute Gasteiger partial charge is 0.326 e. The molecule has 19 heavy (non-hydrogen) atoms.